The molecule has 2 nitrogen and oxygen atoms in total. The molecule has 2 heteroatoms. The molecule has 35 heavy (non-hydrogen) atoms. The molecular formula is C33H50O2. The lowest BCUT2D eigenvalue weighted by Crippen LogP contribution is -2.01. The van der Waals surface area contributed by atoms with Crippen molar-refractivity contribution in [3.63, 3.8) is 0 Å². The first-order valence-corrected chi connectivity index (χ1v) is 14.6. The van der Waals surface area contributed by atoms with Crippen molar-refractivity contribution in [2.24, 2.45) is 0 Å². The van der Waals surface area contributed by atoms with Crippen molar-refractivity contribution in [3.8, 4) is 5.75 Å². The van der Waals surface area contributed by atoms with Gasteiger partial charge < -0.3 is 4.74 Å². The van der Waals surface area contributed by atoms with Crippen LogP contribution in [0.3, 0.4) is 0 Å². The zero-order valence-corrected chi connectivity index (χ0v) is 22.4. The second kappa shape index (κ2) is 20.1. The lowest BCUT2D eigenvalue weighted by atomic mass is 10.0. The minimum atomic E-state index is 0.0562. The molecule has 0 saturated heterocycles. The summed E-state index contributed by atoms with van der Waals surface area (Å²) in [7, 11) is 0. The highest BCUT2D eigenvalue weighted by Crippen LogP contribution is 2.17. The van der Waals surface area contributed by atoms with E-state index in [-0.39, 0.29) is 5.78 Å². The molecular weight excluding hydrogens is 428 g/mol. The SMILES string of the molecule is CCCCCCCCCCCCCCCCCCCCOc1ccc(C(=O)c2ccccc2)cc1. The number of rotatable bonds is 22. The van der Waals surface area contributed by atoms with Gasteiger partial charge in [-0.15, -0.1) is 0 Å². The van der Waals surface area contributed by atoms with Crippen LogP contribution in [0.15, 0.2) is 54.6 Å². The highest BCUT2D eigenvalue weighted by Gasteiger charge is 2.08. The van der Waals surface area contributed by atoms with Gasteiger partial charge in [0.15, 0.2) is 5.78 Å². The van der Waals surface area contributed by atoms with Gasteiger partial charge in [0.1, 0.15) is 5.75 Å². The van der Waals surface area contributed by atoms with E-state index < -0.39 is 0 Å². The standard InChI is InChI=1S/C33H50O2/c1-2-3-4-5-6-7-8-9-10-11-12-13-14-15-16-17-18-22-29-35-32-27-25-31(26-28-32)33(34)30-23-20-19-21-24-30/h19-21,23-28H,2-18,22,29H2,1H3. The molecule has 0 heterocycles. The molecule has 194 valence electrons. The molecule has 0 bridgehead atoms. The molecule has 0 radical (unpaired) electrons. The Hall–Kier alpha value is -2.09. The fourth-order valence-corrected chi connectivity index (χ4v) is 4.65. The van der Waals surface area contributed by atoms with E-state index in [0.29, 0.717) is 5.56 Å². The molecule has 0 atom stereocenters. The topological polar surface area (TPSA) is 26.3 Å². The summed E-state index contributed by atoms with van der Waals surface area (Å²) in [5, 5.41) is 0. The van der Waals surface area contributed by atoms with Crippen LogP contribution < -0.4 is 4.74 Å². The summed E-state index contributed by atoms with van der Waals surface area (Å²) in [5.74, 6) is 0.905. The quantitative estimate of drug-likeness (QED) is 0.124. The highest BCUT2D eigenvalue weighted by atomic mass is 16.5. The van der Waals surface area contributed by atoms with Crippen molar-refractivity contribution in [2.45, 2.75) is 122 Å². The van der Waals surface area contributed by atoms with Crippen LogP contribution in [0, 0.1) is 0 Å². The first-order chi connectivity index (χ1) is 17.3. The Morgan fingerprint density at radius 1 is 0.514 bits per heavy atom. The molecule has 0 aliphatic rings. The van der Waals surface area contributed by atoms with E-state index in [9.17, 15) is 4.79 Å². The average molecular weight is 479 g/mol. The largest absolute Gasteiger partial charge is 0.494 e. The Morgan fingerprint density at radius 2 is 0.914 bits per heavy atom. The molecule has 0 amide bonds. The van der Waals surface area contributed by atoms with E-state index in [2.05, 4.69) is 6.92 Å². The van der Waals surface area contributed by atoms with E-state index in [1.165, 1.54) is 109 Å². The first-order valence-electron chi connectivity index (χ1n) is 14.6. The summed E-state index contributed by atoms with van der Waals surface area (Å²) < 4.78 is 5.86. The van der Waals surface area contributed by atoms with Crippen LogP contribution >= 0.6 is 0 Å². The van der Waals surface area contributed by atoms with Gasteiger partial charge in [-0.2, -0.15) is 0 Å². The zero-order chi connectivity index (χ0) is 24.8. The van der Waals surface area contributed by atoms with Gasteiger partial charge in [0.25, 0.3) is 0 Å². The summed E-state index contributed by atoms with van der Waals surface area (Å²) in [5.41, 5.74) is 1.43. The minimum absolute atomic E-state index is 0.0562. The second-order valence-electron chi connectivity index (χ2n) is 10.1. The fourth-order valence-electron chi connectivity index (χ4n) is 4.65. The molecule has 2 rings (SSSR count). The lowest BCUT2D eigenvalue weighted by molar-refractivity contribution is 0.103. The van der Waals surface area contributed by atoms with Gasteiger partial charge in [-0.25, -0.2) is 0 Å². The van der Waals surface area contributed by atoms with Gasteiger partial charge in [0.2, 0.25) is 0 Å². The molecule has 0 aliphatic carbocycles. The Kier molecular flexibility index (Phi) is 16.8. The molecule has 0 spiro atoms. The number of carbonyl (C=O) groups excluding carboxylic acids is 1. The maximum Gasteiger partial charge on any atom is 0.193 e. The third kappa shape index (κ3) is 14.2. The van der Waals surface area contributed by atoms with Crippen molar-refractivity contribution in [2.75, 3.05) is 6.61 Å². The van der Waals surface area contributed by atoms with E-state index >= 15 is 0 Å². The van der Waals surface area contributed by atoms with Gasteiger partial charge in [-0.1, -0.05) is 146 Å². The summed E-state index contributed by atoms with van der Waals surface area (Å²) in [6.45, 7) is 3.04. The lowest BCUT2D eigenvalue weighted by Gasteiger charge is -2.07. The van der Waals surface area contributed by atoms with Crippen molar-refractivity contribution >= 4 is 5.78 Å². The molecule has 2 aromatic carbocycles. The number of ketones is 1. The number of benzene rings is 2. The van der Waals surface area contributed by atoms with E-state index in [1.807, 2.05) is 54.6 Å². The smallest absolute Gasteiger partial charge is 0.193 e. The van der Waals surface area contributed by atoms with Crippen LogP contribution in [0.2, 0.25) is 0 Å². The second-order valence-corrected chi connectivity index (χ2v) is 10.1. The summed E-state index contributed by atoms with van der Waals surface area (Å²) >= 11 is 0. The van der Waals surface area contributed by atoms with E-state index in [4.69, 9.17) is 4.74 Å². The maximum absolute atomic E-state index is 12.5. The maximum atomic E-state index is 12.5. The Bertz CT molecular complexity index is 750. The van der Waals surface area contributed by atoms with Crippen molar-refractivity contribution in [3.05, 3.63) is 65.7 Å². The Morgan fingerprint density at radius 3 is 1.37 bits per heavy atom. The van der Waals surface area contributed by atoms with Crippen LogP contribution in [0.25, 0.3) is 0 Å². The van der Waals surface area contributed by atoms with Gasteiger partial charge in [-0.3, -0.25) is 4.79 Å². The van der Waals surface area contributed by atoms with Gasteiger partial charge in [-0.05, 0) is 30.7 Å². The monoisotopic (exact) mass is 478 g/mol. The van der Waals surface area contributed by atoms with Crippen LogP contribution in [0.1, 0.15) is 138 Å². The third-order valence-corrected chi connectivity index (χ3v) is 6.92. The average Bonchev–Trinajstić information content (AvgIpc) is 2.90. The van der Waals surface area contributed by atoms with E-state index in [1.54, 1.807) is 0 Å². The predicted octanol–water partition coefficient (Wildman–Crippen LogP) is 10.3. The molecule has 0 aromatic heterocycles. The van der Waals surface area contributed by atoms with Gasteiger partial charge in [0.05, 0.1) is 6.61 Å². The molecule has 2 aromatic rings. The normalized spacial score (nSPS) is 11.0. The predicted molar refractivity (Wildman–Crippen MR) is 151 cm³/mol. The number of hydrogen-bond donors (Lipinski definition) is 0. The number of hydrogen-bond acceptors (Lipinski definition) is 2. The summed E-state index contributed by atoms with van der Waals surface area (Å²) in [6, 6.07) is 17.0. The molecule has 0 saturated carbocycles. The fraction of sp³-hybridized carbons (Fsp3) is 0.606. The van der Waals surface area contributed by atoms with Gasteiger partial charge in [0, 0.05) is 11.1 Å². The number of carbonyl (C=O) groups is 1. The van der Waals surface area contributed by atoms with Crippen molar-refractivity contribution in [1.29, 1.82) is 0 Å². The van der Waals surface area contributed by atoms with Crippen LogP contribution in [-0.2, 0) is 0 Å². The van der Waals surface area contributed by atoms with Crippen LogP contribution in [0.5, 0.6) is 5.75 Å². The zero-order valence-electron chi connectivity index (χ0n) is 22.4. The molecule has 0 fully saturated rings. The minimum Gasteiger partial charge on any atom is -0.494 e. The van der Waals surface area contributed by atoms with Crippen molar-refractivity contribution in [1.82, 2.24) is 0 Å². The number of ether oxygens (including phenoxy) is 1. The van der Waals surface area contributed by atoms with Crippen molar-refractivity contribution < 1.29 is 9.53 Å². The third-order valence-electron chi connectivity index (χ3n) is 6.92. The molecule has 0 aliphatic heterocycles. The van der Waals surface area contributed by atoms with E-state index in [0.717, 1.165) is 24.3 Å². The van der Waals surface area contributed by atoms with Crippen LogP contribution in [0.4, 0.5) is 0 Å². The molecule has 0 N–H and O–H groups in total. The summed E-state index contributed by atoms with van der Waals surface area (Å²) in [6.07, 6.45) is 25.0. The first kappa shape index (κ1) is 29.1. The highest BCUT2D eigenvalue weighted by molar-refractivity contribution is 6.08. The Labute approximate surface area is 215 Å². The summed E-state index contributed by atoms with van der Waals surface area (Å²) in [4.78, 5) is 12.5. The van der Waals surface area contributed by atoms with Crippen LogP contribution in [-0.4, -0.2) is 12.4 Å². The van der Waals surface area contributed by atoms with Gasteiger partial charge >= 0.3 is 0 Å². The number of unbranched alkanes of at least 4 members (excludes halogenated alkanes) is 17. The Balaban J connectivity index is 1.35. The molecule has 0 unspecified atom stereocenters.